The number of rotatable bonds is 4. The maximum Gasteiger partial charge on any atom is 0.228 e. The summed E-state index contributed by atoms with van der Waals surface area (Å²) in [4.78, 5) is 14.7. The molecule has 1 saturated heterocycles. The van der Waals surface area contributed by atoms with Gasteiger partial charge in [-0.1, -0.05) is 30.3 Å². The summed E-state index contributed by atoms with van der Waals surface area (Å²) in [6.07, 6.45) is 1.92. The second-order valence-electron chi connectivity index (χ2n) is 6.06. The Labute approximate surface area is 136 Å². The van der Waals surface area contributed by atoms with Crippen LogP contribution < -0.4 is 5.32 Å². The molecule has 3 rings (SSSR count). The van der Waals surface area contributed by atoms with Gasteiger partial charge in [-0.25, -0.2) is 4.39 Å². The number of halogens is 1. The number of amides is 1. The second-order valence-corrected chi connectivity index (χ2v) is 6.06. The van der Waals surface area contributed by atoms with Crippen molar-refractivity contribution in [3.63, 3.8) is 0 Å². The number of carbonyl (C=O) groups is 1. The van der Waals surface area contributed by atoms with Gasteiger partial charge in [-0.05, 0) is 49.2 Å². The molecular formula is C19H21FN2O. The van der Waals surface area contributed by atoms with E-state index in [1.165, 1.54) is 17.7 Å². The Balaban J connectivity index is 1.57. The summed E-state index contributed by atoms with van der Waals surface area (Å²) in [6.45, 7) is 2.66. The molecule has 0 aromatic heterocycles. The second kappa shape index (κ2) is 7.38. The Morgan fingerprint density at radius 2 is 1.87 bits per heavy atom. The fourth-order valence-corrected chi connectivity index (χ4v) is 3.03. The Bertz CT molecular complexity index is 642. The SMILES string of the molecule is O=C(Nc1ccc(F)cc1)[C@H]1CCCN(Cc2ccccc2)C1. The molecule has 1 atom stereocenters. The van der Waals surface area contributed by atoms with Crippen LogP contribution in [0.3, 0.4) is 0 Å². The molecule has 2 aromatic carbocycles. The van der Waals surface area contributed by atoms with Crippen molar-refractivity contribution in [2.75, 3.05) is 18.4 Å². The van der Waals surface area contributed by atoms with E-state index < -0.39 is 0 Å². The molecule has 4 heteroatoms. The highest BCUT2D eigenvalue weighted by Crippen LogP contribution is 2.20. The number of carbonyl (C=O) groups excluding carboxylic acids is 1. The number of nitrogens with zero attached hydrogens (tertiary/aromatic N) is 1. The molecule has 1 amide bonds. The number of likely N-dealkylation sites (tertiary alicyclic amines) is 1. The van der Waals surface area contributed by atoms with Gasteiger partial charge in [0.1, 0.15) is 5.82 Å². The largest absolute Gasteiger partial charge is 0.326 e. The maximum absolute atomic E-state index is 12.9. The highest BCUT2D eigenvalue weighted by molar-refractivity contribution is 5.92. The van der Waals surface area contributed by atoms with E-state index >= 15 is 0 Å². The van der Waals surface area contributed by atoms with Crippen molar-refractivity contribution in [3.05, 3.63) is 66.0 Å². The first-order valence-corrected chi connectivity index (χ1v) is 8.03. The summed E-state index contributed by atoms with van der Waals surface area (Å²) in [5.41, 5.74) is 1.92. The molecule has 1 heterocycles. The molecule has 0 aliphatic carbocycles. The predicted molar refractivity (Wildman–Crippen MR) is 89.5 cm³/mol. The zero-order chi connectivity index (χ0) is 16.1. The Morgan fingerprint density at radius 1 is 1.13 bits per heavy atom. The first-order valence-electron chi connectivity index (χ1n) is 8.03. The van der Waals surface area contributed by atoms with Crippen LogP contribution in [-0.2, 0) is 11.3 Å². The summed E-state index contributed by atoms with van der Waals surface area (Å²) in [5, 5.41) is 2.89. The van der Waals surface area contributed by atoms with Crippen LogP contribution in [-0.4, -0.2) is 23.9 Å². The molecular weight excluding hydrogens is 291 g/mol. The van der Waals surface area contributed by atoms with Gasteiger partial charge in [0.15, 0.2) is 0 Å². The molecule has 0 unspecified atom stereocenters. The van der Waals surface area contributed by atoms with Gasteiger partial charge in [-0.2, -0.15) is 0 Å². The fraction of sp³-hybridized carbons (Fsp3) is 0.316. The minimum absolute atomic E-state index is 0.0162. The molecule has 0 bridgehead atoms. The average Bonchev–Trinajstić information content (AvgIpc) is 2.58. The number of piperidine rings is 1. The molecule has 120 valence electrons. The van der Waals surface area contributed by atoms with Crippen molar-refractivity contribution in [2.24, 2.45) is 5.92 Å². The Hall–Kier alpha value is -2.20. The molecule has 1 fully saturated rings. The number of hydrogen-bond donors (Lipinski definition) is 1. The smallest absolute Gasteiger partial charge is 0.228 e. The summed E-state index contributed by atoms with van der Waals surface area (Å²) in [5.74, 6) is -0.290. The van der Waals surface area contributed by atoms with E-state index in [2.05, 4.69) is 22.3 Å². The van der Waals surface area contributed by atoms with Gasteiger partial charge >= 0.3 is 0 Å². The van der Waals surface area contributed by atoms with Crippen LogP contribution in [0.2, 0.25) is 0 Å². The van der Waals surface area contributed by atoms with Crippen LogP contribution in [0.25, 0.3) is 0 Å². The highest BCUT2D eigenvalue weighted by Gasteiger charge is 2.25. The third-order valence-electron chi connectivity index (χ3n) is 4.24. The zero-order valence-electron chi connectivity index (χ0n) is 13.0. The lowest BCUT2D eigenvalue weighted by molar-refractivity contribution is -0.121. The third-order valence-corrected chi connectivity index (χ3v) is 4.24. The van der Waals surface area contributed by atoms with E-state index in [-0.39, 0.29) is 17.6 Å². The lowest BCUT2D eigenvalue weighted by Crippen LogP contribution is -2.40. The van der Waals surface area contributed by atoms with E-state index in [1.54, 1.807) is 12.1 Å². The first kappa shape index (κ1) is 15.7. The molecule has 2 aromatic rings. The summed E-state index contributed by atoms with van der Waals surface area (Å²) >= 11 is 0. The van der Waals surface area contributed by atoms with E-state index in [0.717, 1.165) is 32.5 Å². The lowest BCUT2D eigenvalue weighted by atomic mass is 9.96. The molecule has 23 heavy (non-hydrogen) atoms. The van der Waals surface area contributed by atoms with Crippen molar-refractivity contribution in [2.45, 2.75) is 19.4 Å². The van der Waals surface area contributed by atoms with Gasteiger partial charge in [0, 0.05) is 18.8 Å². The van der Waals surface area contributed by atoms with Gasteiger partial charge < -0.3 is 5.32 Å². The van der Waals surface area contributed by atoms with Gasteiger partial charge in [0.2, 0.25) is 5.91 Å². The van der Waals surface area contributed by atoms with E-state index in [9.17, 15) is 9.18 Å². The maximum atomic E-state index is 12.9. The van der Waals surface area contributed by atoms with Crippen LogP contribution >= 0.6 is 0 Å². The number of benzene rings is 2. The number of anilines is 1. The molecule has 0 spiro atoms. The number of hydrogen-bond acceptors (Lipinski definition) is 2. The van der Waals surface area contributed by atoms with Crippen LogP contribution in [0.5, 0.6) is 0 Å². The zero-order valence-corrected chi connectivity index (χ0v) is 13.0. The average molecular weight is 312 g/mol. The third kappa shape index (κ3) is 4.39. The van der Waals surface area contributed by atoms with Gasteiger partial charge in [0.25, 0.3) is 0 Å². The van der Waals surface area contributed by atoms with Crippen LogP contribution in [0.15, 0.2) is 54.6 Å². The molecule has 0 radical (unpaired) electrons. The Morgan fingerprint density at radius 3 is 2.61 bits per heavy atom. The van der Waals surface area contributed by atoms with E-state index in [4.69, 9.17) is 0 Å². The summed E-state index contributed by atoms with van der Waals surface area (Å²) in [6, 6.07) is 16.2. The lowest BCUT2D eigenvalue weighted by Gasteiger charge is -2.32. The minimum Gasteiger partial charge on any atom is -0.326 e. The quantitative estimate of drug-likeness (QED) is 0.934. The minimum atomic E-state index is -0.297. The normalized spacial score (nSPS) is 18.6. The topological polar surface area (TPSA) is 32.3 Å². The van der Waals surface area contributed by atoms with Crippen LogP contribution in [0.1, 0.15) is 18.4 Å². The van der Waals surface area contributed by atoms with Crippen LogP contribution in [0.4, 0.5) is 10.1 Å². The van der Waals surface area contributed by atoms with E-state index in [0.29, 0.717) is 5.69 Å². The monoisotopic (exact) mass is 312 g/mol. The fourth-order valence-electron chi connectivity index (χ4n) is 3.03. The molecule has 1 aliphatic heterocycles. The summed E-state index contributed by atoms with van der Waals surface area (Å²) in [7, 11) is 0. The van der Waals surface area contributed by atoms with E-state index in [1.807, 2.05) is 18.2 Å². The van der Waals surface area contributed by atoms with Crippen molar-refractivity contribution < 1.29 is 9.18 Å². The van der Waals surface area contributed by atoms with Gasteiger partial charge in [-0.3, -0.25) is 9.69 Å². The molecule has 1 aliphatic rings. The van der Waals surface area contributed by atoms with Gasteiger partial charge in [0.05, 0.1) is 5.92 Å². The molecule has 0 saturated carbocycles. The molecule has 3 nitrogen and oxygen atoms in total. The van der Waals surface area contributed by atoms with Crippen LogP contribution in [0, 0.1) is 11.7 Å². The van der Waals surface area contributed by atoms with Crippen molar-refractivity contribution in [1.82, 2.24) is 4.90 Å². The first-order chi connectivity index (χ1) is 11.2. The van der Waals surface area contributed by atoms with Crippen molar-refractivity contribution in [1.29, 1.82) is 0 Å². The summed E-state index contributed by atoms with van der Waals surface area (Å²) < 4.78 is 12.9. The van der Waals surface area contributed by atoms with Gasteiger partial charge in [-0.15, -0.1) is 0 Å². The molecule has 1 N–H and O–H groups in total. The number of nitrogens with one attached hydrogen (secondary N) is 1. The highest BCUT2D eigenvalue weighted by atomic mass is 19.1. The van der Waals surface area contributed by atoms with Crippen molar-refractivity contribution >= 4 is 11.6 Å². The van der Waals surface area contributed by atoms with Crippen molar-refractivity contribution in [3.8, 4) is 0 Å². The predicted octanol–water partition coefficient (Wildman–Crippen LogP) is 3.68. The standard InChI is InChI=1S/C19H21FN2O/c20-17-8-10-18(11-9-17)21-19(23)16-7-4-12-22(14-16)13-15-5-2-1-3-6-15/h1-3,5-6,8-11,16H,4,7,12-14H2,(H,21,23)/t16-/m0/s1. The Kier molecular flexibility index (Phi) is 5.03.